The summed E-state index contributed by atoms with van der Waals surface area (Å²) in [5.41, 5.74) is 1.19. The van der Waals surface area contributed by atoms with Crippen molar-refractivity contribution in [2.45, 2.75) is 25.9 Å². The van der Waals surface area contributed by atoms with Crippen LogP contribution in [0.3, 0.4) is 0 Å². The summed E-state index contributed by atoms with van der Waals surface area (Å²) in [4.78, 5) is 27.4. The Morgan fingerprint density at radius 3 is 2.81 bits per heavy atom. The second kappa shape index (κ2) is 12.3. The molecule has 0 saturated carbocycles. The zero-order chi connectivity index (χ0) is 25.7. The summed E-state index contributed by atoms with van der Waals surface area (Å²) in [5, 5.41) is 3.49. The minimum atomic E-state index is -0.388. The van der Waals surface area contributed by atoms with Crippen LogP contribution in [0.5, 0.6) is 11.5 Å². The van der Waals surface area contributed by atoms with Gasteiger partial charge in [0.25, 0.3) is 11.8 Å². The number of halogens is 2. The summed E-state index contributed by atoms with van der Waals surface area (Å²) in [6.45, 7) is 3.20. The third kappa shape index (κ3) is 6.72. The number of nitrogens with zero attached hydrogens (tertiary/aromatic N) is 1. The van der Waals surface area contributed by atoms with E-state index in [1.54, 1.807) is 47.4 Å². The number of ether oxygens (including phenoxy) is 3. The Morgan fingerprint density at radius 2 is 2.08 bits per heavy atom. The SMILES string of the molecule is CCOc1cc(/C=C2\SC(=S)N(C[C@H]3CCCO3)C2=O)ccc1OCC(=O)Nc1ccc(Cl)cc1Cl. The Hall–Kier alpha value is -2.30. The van der Waals surface area contributed by atoms with E-state index in [0.717, 1.165) is 25.0 Å². The van der Waals surface area contributed by atoms with Crippen LogP contribution in [0.15, 0.2) is 41.3 Å². The summed E-state index contributed by atoms with van der Waals surface area (Å²) in [7, 11) is 0. The van der Waals surface area contributed by atoms with E-state index in [4.69, 9.17) is 49.6 Å². The number of benzene rings is 2. The van der Waals surface area contributed by atoms with Crippen molar-refractivity contribution in [3.8, 4) is 11.5 Å². The van der Waals surface area contributed by atoms with Crippen LogP contribution >= 0.6 is 47.2 Å². The van der Waals surface area contributed by atoms with E-state index in [9.17, 15) is 9.59 Å². The summed E-state index contributed by atoms with van der Waals surface area (Å²) in [6, 6.07) is 10.0. The summed E-state index contributed by atoms with van der Waals surface area (Å²) in [6.07, 6.45) is 3.73. The molecule has 1 atom stereocenters. The van der Waals surface area contributed by atoms with Crippen LogP contribution in [-0.2, 0) is 14.3 Å². The van der Waals surface area contributed by atoms with Crippen molar-refractivity contribution in [3.05, 3.63) is 56.9 Å². The van der Waals surface area contributed by atoms with Crippen molar-refractivity contribution >= 4 is 75.1 Å². The van der Waals surface area contributed by atoms with E-state index in [2.05, 4.69) is 5.32 Å². The third-order valence-electron chi connectivity index (χ3n) is 5.41. The molecule has 0 aromatic heterocycles. The van der Waals surface area contributed by atoms with Crippen molar-refractivity contribution in [2.24, 2.45) is 0 Å². The first kappa shape index (κ1) is 26.8. The number of thiocarbonyl (C=S) groups is 1. The highest BCUT2D eigenvalue weighted by Gasteiger charge is 2.34. The molecule has 36 heavy (non-hydrogen) atoms. The lowest BCUT2D eigenvalue weighted by atomic mass is 10.1. The van der Waals surface area contributed by atoms with Gasteiger partial charge in [-0.05, 0) is 61.7 Å². The first-order valence-corrected chi connectivity index (χ1v) is 13.3. The molecule has 2 amide bonds. The fourth-order valence-corrected chi connectivity index (χ4v) is 5.45. The Bertz CT molecular complexity index is 1200. The zero-order valence-corrected chi connectivity index (χ0v) is 22.6. The van der Waals surface area contributed by atoms with E-state index < -0.39 is 0 Å². The first-order chi connectivity index (χ1) is 17.3. The molecule has 2 saturated heterocycles. The van der Waals surface area contributed by atoms with Gasteiger partial charge in [0.05, 0.1) is 34.9 Å². The maximum Gasteiger partial charge on any atom is 0.266 e. The van der Waals surface area contributed by atoms with E-state index in [0.29, 0.717) is 49.6 Å². The third-order valence-corrected chi connectivity index (χ3v) is 7.34. The van der Waals surface area contributed by atoms with Gasteiger partial charge in [0.15, 0.2) is 18.1 Å². The van der Waals surface area contributed by atoms with Crippen molar-refractivity contribution < 1.29 is 23.8 Å². The van der Waals surface area contributed by atoms with Crippen LogP contribution in [0, 0.1) is 0 Å². The van der Waals surface area contributed by atoms with Gasteiger partial charge in [-0.2, -0.15) is 0 Å². The van der Waals surface area contributed by atoms with Crippen molar-refractivity contribution in [2.75, 3.05) is 31.7 Å². The highest BCUT2D eigenvalue weighted by molar-refractivity contribution is 8.26. The molecule has 7 nitrogen and oxygen atoms in total. The van der Waals surface area contributed by atoms with Crippen LogP contribution in [0.1, 0.15) is 25.3 Å². The number of carbonyl (C=O) groups is 2. The lowest BCUT2D eigenvalue weighted by molar-refractivity contribution is -0.123. The quantitative estimate of drug-likeness (QED) is 0.304. The molecule has 0 unspecified atom stereocenters. The molecule has 1 N–H and O–H groups in total. The maximum absolute atomic E-state index is 12.9. The fourth-order valence-electron chi connectivity index (χ4n) is 3.72. The van der Waals surface area contributed by atoms with E-state index in [1.165, 1.54) is 11.8 Å². The molecule has 0 aliphatic carbocycles. The number of rotatable bonds is 9. The number of hydrogen-bond donors (Lipinski definition) is 1. The Labute approximate surface area is 229 Å². The molecule has 0 bridgehead atoms. The molecule has 2 aliphatic heterocycles. The Balaban J connectivity index is 1.42. The lowest BCUT2D eigenvalue weighted by Gasteiger charge is -2.18. The highest BCUT2D eigenvalue weighted by atomic mass is 35.5. The topological polar surface area (TPSA) is 77.1 Å². The van der Waals surface area contributed by atoms with Gasteiger partial charge in [-0.15, -0.1) is 0 Å². The lowest BCUT2D eigenvalue weighted by Crippen LogP contribution is -2.35. The fraction of sp³-hybridized carbons (Fsp3) is 0.320. The average Bonchev–Trinajstić information content (AvgIpc) is 3.45. The summed E-state index contributed by atoms with van der Waals surface area (Å²) in [5.74, 6) is 0.340. The molecular formula is C25H24Cl2N2O5S2. The van der Waals surface area contributed by atoms with Crippen LogP contribution in [0.4, 0.5) is 5.69 Å². The normalized spacial score (nSPS) is 18.7. The largest absolute Gasteiger partial charge is 0.490 e. The molecule has 2 aromatic carbocycles. The number of hydrogen-bond acceptors (Lipinski definition) is 7. The van der Waals surface area contributed by atoms with Crippen molar-refractivity contribution in [3.63, 3.8) is 0 Å². The zero-order valence-electron chi connectivity index (χ0n) is 19.4. The second-order valence-electron chi connectivity index (χ2n) is 8.03. The van der Waals surface area contributed by atoms with Gasteiger partial charge < -0.3 is 19.5 Å². The molecule has 2 fully saturated rings. The van der Waals surface area contributed by atoms with E-state index >= 15 is 0 Å². The smallest absolute Gasteiger partial charge is 0.266 e. The molecule has 190 valence electrons. The number of anilines is 1. The monoisotopic (exact) mass is 566 g/mol. The molecule has 2 heterocycles. The van der Waals surface area contributed by atoms with Gasteiger partial charge >= 0.3 is 0 Å². The number of carbonyl (C=O) groups excluding carboxylic acids is 2. The predicted octanol–water partition coefficient (Wildman–Crippen LogP) is 5.79. The van der Waals surface area contributed by atoms with Gasteiger partial charge in [0, 0.05) is 11.6 Å². The molecule has 11 heteroatoms. The van der Waals surface area contributed by atoms with Crippen molar-refractivity contribution in [1.29, 1.82) is 0 Å². The number of nitrogens with one attached hydrogen (secondary N) is 1. The molecule has 0 radical (unpaired) electrons. The van der Waals surface area contributed by atoms with Gasteiger partial charge in [-0.3, -0.25) is 14.5 Å². The standard InChI is InChI=1S/C25H24Cl2N2O5S2/c1-2-32-21-10-15(11-22-24(31)29(25(35)36-22)13-17-4-3-9-33-17)5-8-20(21)34-14-23(30)28-19-7-6-16(26)12-18(19)27/h5-8,10-12,17H,2-4,9,13-14H2,1H3,(H,28,30)/b22-11-/t17-/m1/s1. The van der Waals surface area contributed by atoms with Crippen molar-refractivity contribution in [1.82, 2.24) is 4.90 Å². The minimum absolute atomic E-state index is 0.0285. The van der Waals surface area contributed by atoms with Gasteiger partial charge in [0.2, 0.25) is 0 Å². The number of amides is 2. The van der Waals surface area contributed by atoms with Crippen LogP contribution in [0.2, 0.25) is 10.0 Å². The number of thioether (sulfide) groups is 1. The summed E-state index contributed by atoms with van der Waals surface area (Å²) < 4.78 is 17.6. The van der Waals surface area contributed by atoms with Gasteiger partial charge in [-0.25, -0.2) is 0 Å². The molecule has 2 aromatic rings. The first-order valence-electron chi connectivity index (χ1n) is 11.4. The second-order valence-corrected chi connectivity index (χ2v) is 10.5. The van der Waals surface area contributed by atoms with Crippen LogP contribution in [0.25, 0.3) is 6.08 Å². The van der Waals surface area contributed by atoms with Crippen LogP contribution in [-0.4, -0.2) is 53.5 Å². The average molecular weight is 568 g/mol. The van der Waals surface area contributed by atoms with Crippen LogP contribution < -0.4 is 14.8 Å². The summed E-state index contributed by atoms with van der Waals surface area (Å²) >= 11 is 18.7. The minimum Gasteiger partial charge on any atom is -0.490 e. The molecule has 0 spiro atoms. The Kier molecular flexibility index (Phi) is 9.14. The molecule has 2 aliphatic rings. The van der Waals surface area contributed by atoms with E-state index in [-0.39, 0.29) is 24.5 Å². The Morgan fingerprint density at radius 1 is 1.25 bits per heavy atom. The maximum atomic E-state index is 12.9. The highest BCUT2D eigenvalue weighted by Crippen LogP contribution is 2.35. The molecule has 4 rings (SSSR count). The van der Waals surface area contributed by atoms with Gasteiger partial charge in [0.1, 0.15) is 4.32 Å². The van der Waals surface area contributed by atoms with E-state index in [1.807, 2.05) is 6.92 Å². The van der Waals surface area contributed by atoms with Gasteiger partial charge in [-0.1, -0.05) is 53.2 Å². The molecular weight excluding hydrogens is 543 g/mol. The predicted molar refractivity (Wildman–Crippen MR) is 147 cm³/mol.